The summed E-state index contributed by atoms with van der Waals surface area (Å²) in [5.74, 6) is 0.777. The second-order valence-corrected chi connectivity index (χ2v) is 6.51. The lowest BCUT2D eigenvalue weighted by Crippen LogP contribution is -2.24. The van der Waals surface area contributed by atoms with Gasteiger partial charge in [0.25, 0.3) is 0 Å². The van der Waals surface area contributed by atoms with Gasteiger partial charge >= 0.3 is 0 Å². The molecule has 3 aromatic rings. The first-order valence-electron chi connectivity index (χ1n) is 8.84. The molecule has 0 fully saturated rings. The maximum Gasteiger partial charge on any atom is 0.235 e. The molecule has 146 valence electrons. The molecule has 1 amide bonds. The average Bonchev–Trinajstić information content (AvgIpc) is 3.23. The number of amides is 1. The average molecular weight is 381 g/mol. The van der Waals surface area contributed by atoms with Crippen molar-refractivity contribution in [1.29, 1.82) is 0 Å². The van der Waals surface area contributed by atoms with Crippen LogP contribution in [0.25, 0.3) is 0 Å². The van der Waals surface area contributed by atoms with E-state index < -0.39 is 5.92 Å². The normalized spacial score (nSPS) is 11.7. The van der Waals surface area contributed by atoms with E-state index in [2.05, 4.69) is 25.9 Å². The number of carbonyl (C=O) groups excluding carboxylic acids is 1. The molecule has 2 N–H and O–H groups in total. The number of anilines is 1. The molecule has 0 unspecified atom stereocenters. The molecule has 0 aliphatic heterocycles. The number of aromatic amines is 1. The predicted octanol–water partition coefficient (Wildman–Crippen LogP) is 2.80. The zero-order valence-electron chi connectivity index (χ0n) is 16.3. The van der Waals surface area contributed by atoms with E-state index >= 15 is 0 Å². The van der Waals surface area contributed by atoms with E-state index in [1.807, 2.05) is 50.2 Å². The van der Waals surface area contributed by atoms with Gasteiger partial charge in [0.05, 0.1) is 14.2 Å². The van der Waals surface area contributed by atoms with Gasteiger partial charge in [-0.15, -0.1) is 10.2 Å². The van der Waals surface area contributed by atoms with Crippen LogP contribution in [0.2, 0.25) is 0 Å². The molecule has 3 rings (SSSR count). The van der Waals surface area contributed by atoms with E-state index in [1.54, 1.807) is 14.2 Å². The topological polar surface area (TPSA) is 102 Å². The lowest BCUT2D eigenvalue weighted by atomic mass is 9.96. The van der Waals surface area contributed by atoms with Gasteiger partial charge < -0.3 is 14.8 Å². The molecule has 28 heavy (non-hydrogen) atoms. The van der Waals surface area contributed by atoms with Gasteiger partial charge in [-0.3, -0.25) is 4.79 Å². The molecular formula is C20H23N5O3. The van der Waals surface area contributed by atoms with Crippen LogP contribution in [0.5, 0.6) is 11.5 Å². The molecule has 8 nitrogen and oxygen atoms in total. The van der Waals surface area contributed by atoms with E-state index in [-0.39, 0.29) is 5.91 Å². The van der Waals surface area contributed by atoms with E-state index in [1.165, 1.54) is 0 Å². The summed E-state index contributed by atoms with van der Waals surface area (Å²) in [5, 5.41) is 17.1. The third-order valence-electron chi connectivity index (χ3n) is 4.55. The van der Waals surface area contributed by atoms with Crippen molar-refractivity contribution >= 4 is 11.6 Å². The molecule has 1 heterocycles. The molecule has 0 saturated carbocycles. The van der Waals surface area contributed by atoms with Gasteiger partial charge in [-0.05, 0) is 61.2 Å². The molecule has 0 spiro atoms. The van der Waals surface area contributed by atoms with Gasteiger partial charge in [0.1, 0.15) is 17.4 Å². The molecule has 0 aliphatic carbocycles. The van der Waals surface area contributed by atoms with E-state index in [0.717, 1.165) is 22.4 Å². The minimum atomic E-state index is -0.653. The van der Waals surface area contributed by atoms with Crippen molar-refractivity contribution in [2.24, 2.45) is 0 Å². The lowest BCUT2D eigenvalue weighted by molar-refractivity contribution is -0.117. The van der Waals surface area contributed by atoms with Crippen LogP contribution in [0.1, 0.15) is 28.4 Å². The van der Waals surface area contributed by atoms with Crippen LogP contribution < -0.4 is 14.8 Å². The van der Waals surface area contributed by atoms with Crippen LogP contribution in [0.15, 0.2) is 36.4 Å². The van der Waals surface area contributed by atoms with Crippen LogP contribution in [-0.4, -0.2) is 40.8 Å². The molecule has 2 aromatic carbocycles. The zero-order valence-corrected chi connectivity index (χ0v) is 16.3. The van der Waals surface area contributed by atoms with Gasteiger partial charge in [0.2, 0.25) is 5.91 Å². The Bertz CT molecular complexity index is 956. The molecular weight excluding hydrogens is 358 g/mol. The minimum absolute atomic E-state index is 0.222. The standard InChI is InChI=1S/C20H23N5O3/c1-12-5-6-13(2)17(9-12)21-20(26)16(19-22-24-25-23-19)11-14-10-15(27-3)7-8-18(14)28-4/h5-10,16H,11H2,1-4H3,(H,21,26)(H,22,23,24,25)/t16-/m0/s1. The van der Waals surface area contributed by atoms with Gasteiger partial charge in [0, 0.05) is 5.69 Å². The highest BCUT2D eigenvalue weighted by Crippen LogP contribution is 2.30. The Balaban J connectivity index is 1.92. The maximum absolute atomic E-state index is 13.1. The molecule has 0 radical (unpaired) electrons. The van der Waals surface area contributed by atoms with Crippen molar-refractivity contribution in [2.45, 2.75) is 26.2 Å². The Labute approximate surface area is 163 Å². The number of aromatic nitrogens is 4. The second-order valence-electron chi connectivity index (χ2n) is 6.51. The predicted molar refractivity (Wildman–Crippen MR) is 105 cm³/mol. The van der Waals surface area contributed by atoms with Gasteiger partial charge in [-0.25, -0.2) is 0 Å². The van der Waals surface area contributed by atoms with Crippen LogP contribution in [0.3, 0.4) is 0 Å². The fourth-order valence-electron chi connectivity index (χ4n) is 2.97. The largest absolute Gasteiger partial charge is 0.497 e. The summed E-state index contributed by atoms with van der Waals surface area (Å²) in [6.07, 6.45) is 0.330. The summed E-state index contributed by atoms with van der Waals surface area (Å²) < 4.78 is 10.8. The number of rotatable bonds is 7. The zero-order chi connectivity index (χ0) is 20.1. The van der Waals surface area contributed by atoms with E-state index in [9.17, 15) is 4.79 Å². The fourth-order valence-corrected chi connectivity index (χ4v) is 2.97. The Morgan fingerprint density at radius 3 is 2.64 bits per heavy atom. The number of ether oxygens (including phenoxy) is 2. The van der Waals surface area contributed by atoms with Gasteiger partial charge in [-0.1, -0.05) is 17.3 Å². The van der Waals surface area contributed by atoms with E-state index in [4.69, 9.17) is 9.47 Å². The Hall–Kier alpha value is -3.42. The SMILES string of the molecule is COc1ccc(OC)c(C[C@H](C(=O)Nc2cc(C)ccc2C)c2nn[nH]n2)c1. The summed E-state index contributed by atoms with van der Waals surface area (Å²) >= 11 is 0. The number of carbonyl (C=O) groups is 1. The fraction of sp³-hybridized carbons (Fsp3) is 0.300. The van der Waals surface area contributed by atoms with Gasteiger partial charge in [-0.2, -0.15) is 5.21 Å². The first-order chi connectivity index (χ1) is 13.5. The van der Waals surface area contributed by atoms with Crippen molar-refractivity contribution in [3.05, 3.63) is 58.9 Å². The lowest BCUT2D eigenvalue weighted by Gasteiger charge is -2.17. The Morgan fingerprint density at radius 1 is 1.14 bits per heavy atom. The molecule has 0 bridgehead atoms. The number of tetrazole rings is 1. The van der Waals surface area contributed by atoms with Crippen molar-refractivity contribution in [3.8, 4) is 11.5 Å². The molecule has 0 aliphatic rings. The van der Waals surface area contributed by atoms with Crippen LogP contribution in [0.4, 0.5) is 5.69 Å². The smallest absolute Gasteiger partial charge is 0.235 e. The Morgan fingerprint density at radius 2 is 1.96 bits per heavy atom. The Kier molecular flexibility index (Phi) is 5.88. The highest BCUT2D eigenvalue weighted by molar-refractivity contribution is 5.96. The quantitative estimate of drug-likeness (QED) is 0.652. The van der Waals surface area contributed by atoms with Crippen LogP contribution in [0, 0.1) is 13.8 Å². The number of methoxy groups -OCH3 is 2. The maximum atomic E-state index is 13.1. The van der Waals surface area contributed by atoms with Crippen molar-refractivity contribution in [2.75, 3.05) is 19.5 Å². The summed E-state index contributed by atoms with van der Waals surface area (Å²) in [7, 11) is 3.18. The second kappa shape index (κ2) is 8.51. The molecule has 8 heteroatoms. The molecule has 0 saturated heterocycles. The van der Waals surface area contributed by atoms with E-state index in [0.29, 0.717) is 23.7 Å². The highest BCUT2D eigenvalue weighted by atomic mass is 16.5. The summed E-state index contributed by atoms with van der Waals surface area (Å²) in [6, 6.07) is 11.4. The first-order valence-corrected chi connectivity index (χ1v) is 8.84. The minimum Gasteiger partial charge on any atom is -0.497 e. The summed E-state index contributed by atoms with van der Waals surface area (Å²) in [4.78, 5) is 13.1. The number of nitrogens with zero attached hydrogens (tertiary/aromatic N) is 3. The van der Waals surface area contributed by atoms with Gasteiger partial charge in [0.15, 0.2) is 5.82 Å². The number of benzene rings is 2. The number of hydrogen-bond donors (Lipinski definition) is 2. The van der Waals surface area contributed by atoms with Crippen LogP contribution in [-0.2, 0) is 11.2 Å². The third-order valence-corrected chi connectivity index (χ3v) is 4.55. The van der Waals surface area contributed by atoms with Crippen molar-refractivity contribution < 1.29 is 14.3 Å². The molecule has 1 atom stereocenters. The number of aryl methyl sites for hydroxylation is 2. The highest BCUT2D eigenvalue weighted by Gasteiger charge is 2.27. The van der Waals surface area contributed by atoms with Crippen molar-refractivity contribution in [1.82, 2.24) is 20.6 Å². The number of nitrogens with one attached hydrogen (secondary N) is 2. The number of hydrogen-bond acceptors (Lipinski definition) is 6. The van der Waals surface area contributed by atoms with Crippen molar-refractivity contribution in [3.63, 3.8) is 0 Å². The third kappa shape index (κ3) is 4.28. The monoisotopic (exact) mass is 381 g/mol. The van der Waals surface area contributed by atoms with Crippen LogP contribution >= 0.6 is 0 Å². The summed E-state index contributed by atoms with van der Waals surface area (Å²) in [6.45, 7) is 3.93. The first kappa shape index (κ1) is 19.3. The molecule has 1 aromatic heterocycles. The summed E-state index contributed by atoms with van der Waals surface area (Å²) in [5.41, 5.74) is 3.61. The number of H-pyrrole nitrogens is 1.